The minimum absolute atomic E-state index is 0.127. The number of nitrogens with one attached hydrogen (secondary N) is 1. The molecule has 0 saturated heterocycles. The number of hydrogen-bond donors (Lipinski definition) is 1. The average Bonchev–Trinajstić information content (AvgIpc) is 2.97. The van der Waals surface area contributed by atoms with E-state index in [2.05, 4.69) is 40.2 Å². The first-order valence-electron chi connectivity index (χ1n) is 6.83. The van der Waals surface area contributed by atoms with Crippen molar-refractivity contribution in [1.29, 1.82) is 0 Å². The fraction of sp³-hybridized carbons (Fsp3) is 0.200. The smallest absolute Gasteiger partial charge is 0.300 e. The molecule has 112 valence electrons. The van der Waals surface area contributed by atoms with E-state index >= 15 is 0 Å². The number of nitro groups is 1. The zero-order valence-corrected chi connectivity index (χ0v) is 12.1. The summed E-state index contributed by atoms with van der Waals surface area (Å²) in [6.45, 7) is 4.23. The molecular weight excluding hydrogens is 284 g/mol. The summed E-state index contributed by atoms with van der Waals surface area (Å²) in [5, 5.41) is 21.6. The van der Waals surface area contributed by atoms with Crippen LogP contribution in [0.1, 0.15) is 25.3 Å². The van der Waals surface area contributed by atoms with Gasteiger partial charge in [0, 0.05) is 11.8 Å². The SMILES string of the molecule is CC(C)c1cccc(Nc2ccc([N+](=O)[O-])c3nonc23)c1. The van der Waals surface area contributed by atoms with Gasteiger partial charge in [0.15, 0.2) is 5.52 Å². The number of rotatable bonds is 4. The van der Waals surface area contributed by atoms with E-state index in [1.807, 2.05) is 18.2 Å². The van der Waals surface area contributed by atoms with Crippen molar-refractivity contribution in [3.63, 3.8) is 0 Å². The van der Waals surface area contributed by atoms with E-state index in [1.165, 1.54) is 11.6 Å². The van der Waals surface area contributed by atoms with Crippen molar-refractivity contribution >= 4 is 28.1 Å². The highest BCUT2D eigenvalue weighted by Crippen LogP contribution is 2.31. The van der Waals surface area contributed by atoms with Crippen LogP contribution in [0.3, 0.4) is 0 Å². The summed E-state index contributed by atoms with van der Waals surface area (Å²) in [7, 11) is 0. The first-order chi connectivity index (χ1) is 10.6. The Bertz CT molecular complexity index is 842. The molecule has 1 N–H and O–H groups in total. The van der Waals surface area contributed by atoms with E-state index in [9.17, 15) is 10.1 Å². The molecular formula is C15H14N4O3. The van der Waals surface area contributed by atoms with Gasteiger partial charge in [0.05, 0.1) is 10.6 Å². The fourth-order valence-corrected chi connectivity index (χ4v) is 2.23. The van der Waals surface area contributed by atoms with Crippen molar-refractivity contribution in [1.82, 2.24) is 10.3 Å². The normalized spacial score (nSPS) is 11.0. The van der Waals surface area contributed by atoms with Gasteiger partial charge in [-0.3, -0.25) is 10.1 Å². The topological polar surface area (TPSA) is 94.1 Å². The van der Waals surface area contributed by atoms with Gasteiger partial charge in [-0.15, -0.1) is 0 Å². The summed E-state index contributed by atoms with van der Waals surface area (Å²) in [4.78, 5) is 10.5. The van der Waals surface area contributed by atoms with Gasteiger partial charge >= 0.3 is 5.69 Å². The third kappa shape index (κ3) is 2.48. The molecule has 1 aromatic heterocycles. The third-order valence-electron chi connectivity index (χ3n) is 3.42. The second-order valence-electron chi connectivity index (χ2n) is 5.26. The molecule has 2 aromatic carbocycles. The lowest BCUT2D eigenvalue weighted by molar-refractivity contribution is -0.383. The van der Waals surface area contributed by atoms with Crippen LogP contribution in [0.15, 0.2) is 41.0 Å². The van der Waals surface area contributed by atoms with Gasteiger partial charge in [-0.1, -0.05) is 26.0 Å². The molecule has 0 spiro atoms. The summed E-state index contributed by atoms with van der Waals surface area (Å²) < 4.78 is 4.65. The Morgan fingerprint density at radius 1 is 1.18 bits per heavy atom. The molecule has 0 saturated carbocycles. The molecule has 3 aromatic rings. The van der Waals surface area contributed by atoms with Crippen LogP contribution in [0.5, 0.6) is 0 Å². The van der Waals surface area contributed by atoms with Crippen LogP contribution in [-0.4, -0.2) is 15.2 Å². The molecule has 3 rings (SSSR count). The second-order valence-corrected chi connectivity index (χ2v) is 5.26. The zero-order valence-electron chi connectivity index (χ0n) is 12.1. The largest absolute Gasteiger partial charge is 0.354 e. The molecule has 0 fully saturated rings. The fourth-order valence-electron chi connectivity index (χ4n) is 2.23. The number of aromatic nitrogens is 2. The summed E-state index contributed by atoms with van der Waals surface area (Å²) in [6, 6.07) is 11.0. The van der Waals surface area contributed by atoms with Crippen LogP contribution in [0.25, 0.3) is 11.0 Å². The van der Waals surface area contributed by atoms with Gasteiger partial charge in [0.25, 0.3) is 0 Å². The summed E-state index contributed by atoms with van der Waals surface area (Å²) in [5.41, 5.74) is 3.03. The van der Waals surface area contributed by atoms with E-state index in [0.717, 1.165) is 5.69 Å². The molecule has 0 aliphatic carbocycles. The Kier molecular flexibility index (Phi) is 3.46. The Morgan fingerprint density at radius 3 is 2.68 bits per heavy atom. The van der Waals surface area contributed by atoms with Gasteiger partial charge in [-0.05, 0) is 40.0 Å². The molecule has 0 atom stereocenters. The number of hydrogen-bond acceptors (Lipinski definition) is 6. The summed E-state index contributed by atoms with van der Waals surface area (Å²) >= 11 is 0. The number of benzene rings is 2. The first-order valence-corrected chi connectivity index (χ1v) is 6.83. The summed E-state index contributed by atoms with van der Waals surface area (Å²) in [5.74, 6) is 0.410. The van der Waals surface area contributed by atoms with E-state index in [-0.39, 0.29) is 11.2 Å². The third-order valence-corrected chi connectivity index (χ3v) is 3.42. The van der Waals surface area contributed by atoms with Crippen LogP contribution >= 0.6 is 0 Å². The van der Waals surface area contributed by atoms with Gasteiger partial charge in [0.2, 0.25) is 5.52 Å². The molecule has 7 nitrogen and oxygen atoms in total. The maximum absolute atomic E-state index is 11.0. The monoisotopic (exact) mass is 298 g/mol. The molecule has 0 bridgehead atoms. The maximum Gasteiger partial charge on any atom is 0.300 e. The van der Waals surface area contributed by atoms with Crippen molar-refractivity contribution < 1.29 is 9.55 Å². The van der Waals surface area contributed by atoms with E-state index < -0.39 is 4.92 Å². The highest BCUT2D eigenvalue weighted by Gasteiger charge is 2.19. The van der Waals surface area contributed by atoms with Crippen LogP contribution in [0.4, 0.5) is 17.1 Å². The highest BCUT2D eigenvalue weighted by atomic mass is 16.6. The molecule has 0 amide bonds. The van der Waals surface area contributed by atoms with Crippen molar-refractivity contribution in [3.8, 4) is 0 Å². The average molecular weight is 298 g/mol. The van der Waals surface area contributed by atoms with Gasteiger partial charge in [-0.2, -0.15) is 0 Å². The molecule has 7 heteroatoms. The predicted molar refractivity (Wildman–Crippen MR) is 82.3 cm³/mol. The van der Waals surface area contributed by atoms with Crippen molar-refractivity contribution in [2.45, 2.75) is 19.8 Å². The Labute approximate surface area is 126 Å². The van der Waals surface area contributed by atoms with Crippen LogP contribution in [-0.2, 0) is 0 Å². The second kappa shape index (κ2) is 5.44. The van der Waals surface area contributed by atoms with E-state index in [4.69, 9.17) is 0 Å². The van der Waals surface area contributed by atoms with Crippen molar-refractivity contribution in [2.75, 3.05) is 5.32 Å². The Morgan fingerprint density at radius 2 is 1.95 bits per heavy atom. The lowest BCUT2D eigenvalue weighted by atomic mass is 10.0. The van der Waals surface area contributed by atoms with Crippen molar-refractivity contribution in [2.24, 2.45) is 0 Å². The number of anilines is 2. The standard InChI is InChI=1S/C15H14N4O3/c1-9(2)10-4-3-5-11(8-10)16-12-6-7-13(19(20)21)15-14(12)17-22-18-15/h3-9,16H,1-2H3. The lowest BCUT2D eigenvalue weighted by Crippen LogP contribution is -1.96. The summed E-state index contributed by atoms with van der Waals surface area (Å²) in [6.07, 6.45) is 0. The zero-order chi connectivity index (χ0) is 15.7. The molecule has 0 aliphatic rings. The van der Waals surface area contributed by atoms with Crippen LogP contribution in [0, 0.1) is 10.1 Å². The van der Waals surface area contributed by atoms with Crippen LogP contribution in [0.2, 0.25) is 0 Å². The Hall–Kier alpha value is -2.96. The molecule has 0 unspecified atom stereocenters. The maximum atomic E-state index is 11.0. The van der Waals surface area contributed by atoms with Gasteiger partial charge in [0.1, 0.15) is 0 Å². The minimum atomic E-state index is -0.504. The Balaban J connectivity index is 2.01. The van der Waals surface area contributed by atoms with E-state index in [1.54, 1.807) is 6.07 Å². The molecule has 0 aliphatic heterocycles. The number of nitro benzene ring substituents is 1. The van der Waals surface area contributed by atoms with Gasteiger partial charge in [-0.25, -0.2) is 4.63 Å². The number of non-ortho nitro benzene ring substituents is 1. The predicted octanol–water partition coefficient (Wildman–Crippen LogP) is 4.00. The highest BCUT2D eigenvalue weighted by molar-refractivity contribution is 5.94. The minimum Gasteiger partial charge on any atom is -0.354 e. The quantitative estimate of drug-likeness (QED) is 0.578. The molecule has 22 heavy (non-hydrogen) atoms. The van der Waals surface area contributed by atoms with Crippen molar-refractivity contribution in [3.05, 3.63) is 52.1 Å². The van der Waals surface area contributed by atoms with Gasteiger partial charge < -0.3 is 5.32 Å². The molecule has 0 radical (unpaired) electrons. The lowest BCUT2D eigenvalue weighted by Gasteiger charge is -2.10. The first kappa shape index (κ1) is 14.0. The van der Waals surface area contributed by atoms with E-state index in [0.29, 0.717) is 17.1 Å². The molecule has 1 heterocycles. The number of nitrogens with zero attached hydrogens (tertiary/aromatic N) is 3. The van der Waals surface area contributed by atoms with Crippen LogP contribution < -0.4 is 5.32 Å². The number of fused-ring (bicyclic) bond motifs is 1.